The normalized spacial score (nSPS) is 10.9. The number of aromatic hydroxyl groups is 1. The van der Waals surface area contributed by atoms with E-state index in [4.69, 9.17) is 4.74 Å². The van der Waals surface area contributed by atoms with Gasteiger partial charge in [-0.15, -0.1) is 0 Å². The quantitative estimate of drug-likeness (QED) is 0.617. The van der Waals surface area contributed by atoms with Crippen molar-refractivity contribution in [1.82, 2.24) is 0 Å². The molecular formula is C18H17BrO3. The van der Waals surface area contributed by atoms with E-state index in [-0.39, 0.29) is 17.1 Å². The second-order valence-corrected chi connectivity index (χ2v) is 5.67. The van der Waals surface area contributed by atoms with Crippen molar-refractivity contribution in [2.45, 2.75) is 13.8 Å². The molecule has 0 unspecified atom stereocenters. The van der Waals surface area contributed by atoms with Crippen molar-refractivity contribution in [2.24, 2.45) is 0 Å². The molecule has 0 saturated carbocycles. The van der Waals surface area contributed by atoms with Crippen LogP contribution in [0, 0.1) is 6.92 Å². The Balaban J connectivity index is 2.29. The van der Waals surface area contributed by atoms with Gasteiger partial charge in [0.1, 0.15) is 11.5 Å². The summed E-state index contributed by atoms with van der Waals surface area (Å²) < 4.78 is 6.03. The molecule has 0 aliphatic heterocycles. The predicted octanol–water partition coefficient (Wildman–Crippen LogP) is 4.76. The van der Waals surface area contributed by atoms with Gasteiger partial charge in [-0.3, -0.25) is 4.79 Å². The summed E-state index contributed by atoms with van der Waals surface area (Å²) in [4.78, 5) is 12.3. The Kier molecular flexibility index (Phi) is 5.39. The Bertz CT molecular complexity index is 720. The number of allylic oxidation sites excluding steroid dienone is 1. The second kappa shape index (κ2) is 7.27. The number of ether oxygens (including phenoxy) is 1. The first-order valence-corrected chi connectivity index (χ1v) is 7.75. The number of carbonyl (C=O) groups excluding carboxylic acids is 1. The zero-order valence-corrected chi connectivity index (χ0v) is 14.1. The molecule has 1 N–H and O–H groups in total. The van der Waals surface area contributed by atoms with Crippen molar-refractivity contribution in [3.05, 3.63) is 63.6 Å². The molecule has 0 atom stereocenters. The van der Waals surface area contributed by atoms with E-state index < -0.39 is 0 Å². The van der Waals surface area contributed by atoms with Gasteiger partial charge in [0.2, 0.25) is 0 Å². The smallest absolute Gasteiger partial charge is 0.189 e. The molecule has 0 amide bonds. The maximum atomic E-state index is 12.3. The Morgan fingerprint density at radius 3 is 2.77 bits per heavy atom. The van der Waals surface area contributed by atoms with Crippen LogP contribution in [0.1, 0.15) is 28.4 Å². The Hall–Kier alpha value is -2.07. The summed E-state index contributed by atoms with van der Waals surface area (Å²) >= 11 is 3.25. The van der Waals surface area contributed by atoms with Gasteiger partial charge in [-0.1, -0.05) is 18.2 Å². The van der Waals surface area contributed by atoms with Crippen LogP contribution < -0.4 is 4.74 Å². The van der Waals surface area contributed by atoms with E-state index in [9.17, 15) is 9.90 Å². The topological polar surface area (TPSA) is 46.5 Å². The fourth-order valence-electron chi connectivity index (χ4n) is 2.08. The third kappa shape index (κ3) is 3.77. The van der Waals surface area contributed by atoms with E-state index in [1.54, 1.807) is 18.2 Å². The highest BCUT2D eigenvalue weighted by Crippen LogP contribution is 2.30. The van der Waals surface area contributed by atoms with Crippen LogP contribution in [0.3, 0.4) is 0 Å². The lowest BCUT2D eigenvalue weighted by Gasteiger charge is -2.07. The zero-order valence-electron chi connectivity index (χ0n) is 12.5. The third-order valence-corrected chi connectivity index (χ3v) is 3.71. The van der Waals surface area contributed by atoms with Crippen LogP contribution in [0.15, 0.2) is 46.9 Å². The fourth-order valence-corrected chi connectivity index (χ4v) is 2.66. The molecule has 3 nitrogen and oxygen atoms in total. The highest BCUT2D eigenvalue weighted by Gasteiger charge is 2.12. The maximum Gasteiger partial charge on any atom is 0.189 e. The molecule has 0 heterocycles. The summed E-state index contributed by atoms with van der Waals surface area (Å²) in [5.74, 6) is 0.426. The molecule has 0 radical (unpaired) electrons. The third-order valence-electron chi connectivity index (χ3n) is 3.11. The average molecular weight is 361 g/mol. The van der Waals surface area contributed by atoms with E-state index in [0.717, 1.165) is 16.9 Å². The van der Waals surface area contributed by atoms with Gasteiger partial charge in [0.15, 0.2) is 5.78 Å². The van der Waals surface area contributed by atoms with Gasteiger partial charge in [0.25, 0.3) is 0 Å². The van der Waals surface area contributed by atoms with Crippen LogP contribution in [0.5, 0.6) is 11.5 Å². The summed E-state index contributed by atoms with van der Waals surface area (Å²) in [7, 11) is 0. The van der Waals surface area contributed by atoms with Crippen molar-refractivity contribution in [1.29, 1.82) is 0 Å². The number of halogens is 1. The number of hydrogen-bond acceptors (Lipinski definition) is 3. The lowest BCUT2D eigenvalue weighted by molar-refractivity contribution is 0.104. The Morgan fingerprint density at radius 1 is 1.32 bits per heavy atom. The highest BCUT2D eigenvalue weighted by molar-refractivity contribution is 9.10. The lowest BCUT2D eigenvalue weighted by atomic mass is 10.1. The number of benzene rings is 2. The van der Waals surface area contributed by atoms with Crippen LogP contribution in [0.4, 0.5) is 0 Å². The maximum absolute atomic E-state index is 12.3. The molecule has 2 rings (SSSR count). The van der Waals surface area contributed by atoms with Crippen molar-refractivity contribution in [3.8, 4) is 11.5 Å². The SMILES string of the molecule is CCOc1ccccc1/C=C/C(=O)c1cc(C)cc(Br)c1O. The van der Waals surface area contributed by atoms with Crippen LogP contribution >= 0.6 is 15.9 Å². The molecule has 2 aromatic rings. The molecule has 0 fully saturated rings. The van der Waals surface area contributed by atoms with Gasteiger partial charge < -0.3 is 9.84 Å². The summed E-state index contributed by atoms with van der Waals surface area (Å²) in [6.07, 6.45) is 3.14. The van der Waals surface area contributed by atoms with Gasteiger partial charge >= 0.3 is 0 Å². The van der Waals surface area contributed by atoms with E-state index in [2.05, 4.69) is 15.9 Å². The zero-order chi connectivity index (χ0) is 16.1. The Morgan fingerprint density at radius 2 is 2.05 bits per heavy atom. The monoisotopic (exact) mass is 360 g/mol. The van der Waals surface area contributed by atoms with E-state index >= 15 is 0 Å². The van der Waals surface area contributed by atoms with Crippen LogP contribution in [-0.4, -0.2) is 17.5 Å². The van der Waals surface area contributed by atoms with Gasteiger partial charge in [-0.05, 0) is 65.7 Å². The molecule has 2 aromatic carbocycles. The van der Waals surface area contributed by atoms with E-state index in [1.807, 2.05) is 38.1 Å². The Labute approximate surface area is 138 Å². The van der Waals surface area contributed by atoms with Gasteiger partial charge in [0.05, 0.1) is 16.6 Å². The minimum atomic E-state index is -0.256. The number of phenols is 1. The van der Waals surface area contributed by atoms with Crippen LogP contribution in [-0.2, 0) is 0 Å². The minimum absolute atomic E-state index is 0.0432. The number of phenolic OH excluding ortho intramolecular Hbond substituents is 1. The molecule has 0 spiro atoms. The molecule has 0 aliphatic rings. The van der Waals surface area contributed by atoms with Gasteiger partial charge in [0, 0.05) is 5.56 Å². The number of hydrogen-bond donors (Lipinski definition) is 1. The van der Waals surface area contributed by atoms with E-state index in [0.29, 0.717) is 11.1 Å². The molecular weight excluding hydrogens is 344 g/mol. The first-order chi connectivity index (χ1) is 10.5. The molecule has 0 aliphatic carbocycles. The van der Waals surface area contributed by atoms with Crippen LogP contribution in [0.2, 0.25) is 0 Å². The molecule has 4 heteroatoms. The molecule has 0 bridgehead atoms. The van der Waals surface area contributed by atoms with Crippen molar-refractivity contribution >= 4 is 27.8 Å². The lowest BCUT2D eigenvalue weighted by Crippen LogP contribution is -1.97. The largest absolute Gasteiger partial charge is 0.506 e. The van der Waals surface area contributed by atoms with Gasteiger partial charge in [-0.25, -0.2) is 0 Å². The van der Waals surface area contributed by atoms with E-state index in [1.165, 1.54) is 6.08 Å². The minimum Gasteiger partial charge on any atom is -0.506 e. The number of ketones is 1. The van der Waals surface area contributed by atoms with Crippen molar-refractivity contribution in [2.75, 3.05) is 6.61 Å². The number of para-hydroxylation sites is 1. The fraction of sp³-hybridized carbons (Fsp3) is 0.167. The van der Waals surface area contributed by atoms with Gasteiger partial charge in [-0.2, -0.15) is 0 Å². The molecule has 22 heavy (non-hydrogen) atoms. The summed E-state index contributed by atoms with van der Waals surface area (Å²) in [6, 6.07) is 10.9. The van der Waals surface area contributed by atoms with Crippen molar-refractivity contribution < 1.29 is 14.6 Å². The average Bonchev–Trinajstić information content (AvgIpc) is 2.50. The number of carbonyl (C=O) groups is 1. The molecule has 0 saturated heterocycles. The molecule has 114 valence electrons. The highest BCUT2D eigenvalue weighted by atomic mass is 79.9. The second-order valence-electron chi connectivity index (χ2n) is 4.81. The predicted molar refractivity (Wildman–Crippen MR) is 91.5 cm³/mol. The number of rotatable bonds is 5. The summed E-state index contributed by atoms with van der Waals surface area (Å²) in [5.41, 5.74) is 2.00. The standard InChI is InChI=1S/C18H17BrO3/c1-3-22-17-7-5-4-6-13(17)8-9-16(20)14-10-12(2)11-15(19)18(14)21/h4-11,21H,3H2,1-2H3/b9-8+. The van der Waals surface area contributed by atoms with Crippen LogP contribution in [0.25, 0.3) is 6.08 Å². The summed E-state index contributed by atoms with van der Waals surface area (Å²) in [5, 5.41) is 10.0. The first-order valence-electron chi connectivity index (χ1n) is 6.96. The summed E-state index contributed by atoms with van der Waals surface area (Å²) in [6.45, 7) is 4.34. The molecule has 0 aromatic heterocycles. The van der Waals surface area contributed by atoms with Crippen molar-refractivity contribution in [3.63, 3.8) is 0 Å². The first kappa shape index (κ1) is 16.3. The number of aryl methyl sites for hydroxylation is 1.